The summed E-state index contributed by atoms with van der Waals surface area (Å²) in [6.45, 7) is 0.0665. The molecule has 1 saturated heterocycles. The molecule has 2 N–H and O–H groups in total. The van der Waals surface area contributed by atoms with E-state index in [9.17, 15) is 14.7 Å². The molecule has 0 radical (unpaired) electrons. The van der Waals surface area contributed by atoms with Gasteiger partial charge in [-0.05, 0) is 47.7 Å². The smallest absolute Gasteiger partial charge is 0.290 e. The normalized spacial score (nSPS) is 16.2. The Hall–Kier alpha value is -2.19. The van der Waals surface area contributed by atoms with E-state index in [1.54, 1.807) is 48.5 Å². The summed E-state index contributed by atoms with van der Waals surface area (Å²) in [5, 5.41) is 12.6. The van der Waals surface area contributed by atoms with Crippen LogP contribution in [0.5, 0.6) is 11.5 Å². The molecule has 2 aromatic rings. The molecular weight excluding hydrogens is 425 g/mol. The maximum atomic E-state index is 11.5. The van der Waals surface area contributed by atoms with Crippen molar-refractivity contribution in [3.63, 3.8) is 0 Å². The Balaban J connectivity index is 1.47. The number of carbonyl (C=O) groups excluding carboxylic acids is 2. The zero-order chi connectivity index (χ0) is 20.1. The van der Waals surface area contributed by atoms with Crippen LogP contribution in [0.4, 0.5) is 4.79 Å². The Kier molecular flexibility index (Phi) is 6.85. The molecule has 3 rings (SSSR count). The van der Waals surface area contributed by atoms with E-state index in [0.29, 0.717) is 26.4 Å². The summed E-state index contributed by atoms with van der Waals surface area (Å²) in [7, 11) is 0. The number of benzene rings is 2. The first kappa shape index (κ1) is 20.5. The van der Waals surface area contributed by atoms with E-state index in [4.69, 9.17) is 32.7 Å². The molecule has 9 heteroatoms. The molecule has 1 heterocycles. The largest absolute Gasteiger partial charge is 0.491 e. The van der Waals surface area contributed by atoms with Gasteiger partial charge in [0.1, 0.15) is 30.8 Å². The van der Waals surface area contributed by atoms with Gasteiger partial charge in [0.25, 0.3) is 11.1 Å². The lowest BCUT2D eigenvalue weighted by Gasteiger charge is -2.14. The molecule has 1 atom stereocenters. The molecule has 6 nitrogen and oxygen atoms in total. The molecule has 0 saturated carbocycles. The SMILES string of the molecule is O=C1NC(=O)C(=Cc2ccc(OC[C@H](O)COc3ccc(Cl)c(Cl)c3)cc2)S1. The summed E-state index contributed by atoms with van der Waals surface area (Å²) in [4.78, 5) is 23.0. The lowest BCUT2D eigenvalue weighted by Crippen LogP contribution is -2.25. The van der Waals surface area contributed by atoms with Gasteiger partial charge in [0.15, 0.2) is 0 Å². The van der Waals surface area contributed by atoms with Gasteiger partial charge < -0.3 is 14.6 Å². The topological polar surface area (TPSA) is 84.9 Å². The number of rotatable bonds is 7. The van der Waals surface area contributed by atoms with Crippen LogP contribution in [0.15, 0.2) is 47.4 Å². The second-order valence-electron chi connectivity index (χ2n) is 5.77. The van der Waals surface area contributed by atoms with Crippen LogP contribution in [-0.4, -0.2) is 35.6 Å². The van der Waals surface area contributed by atoms with Crippen molar-refractivity contribution in [1.82, 2.24) is 5.32 Å². The first-order chi connectivity index (χ1) is 13.4. The zero-order valence-electron chi connectivity index (χ0n) is 14.4. The molecule has 146 valence electrons. The molecule has 28 heavy (non-hydrogen) atoms. The lowest BCUT2D eigenvalue weighted by atomic mass is 10.2. The predicted molar refractivity (Wildman–Crippen MR) is 109 cm³/mol. The van der Waals surface area contributed by atoms with Crippen LogP contribution in [0.3, 0.4) is 0 Å². The van der Waals surface area contributed by atoms with Crippen LogP contribution in [-0.2, 0) is 4.79 Å². The molecule has 0 bridgehead atoms. The third kappa shape index (κ3) is 5.65. The predicted octanol–water partition coefficient (Wildman–Crippen LogP) is 4.14. The summed E-state index contributed by atoms with van der Waals surface area (Å²) in [6.07, 6.45) is 0.773. The second kappa shape index (κ2) is 9.34. The van der Waals surface area contributed by atoms with Gasteiger partial charge in [-0.1, -0.05) is 35.3 Å². The second-order valence-corrected chi connectivity index (χ2v) is 7.60. The van der Waals surface area contributed by atoms with Crippen molar-refractivity contribution in [2.75, 3.05) is 13.2 Å². The van der Waals surface area contributed by atoms with Crippen molar-refractivity contribution in [1.29, 1.82) is 0 Å². The highest BCUT2D eigenvalue weighted by atomic mass is 35.5. The monoisotopic (exact) mass is 439 g/mol. The summed E-state index contributed by atoms with van der Waals surface area (Å²) in [6, 6.07) is 11.8. The number of amides is 2. The van der Waals surface area contributed by atoms with E-state index in [1.807, 2.05) is 0 Å². The van der Waals surface area contributed by atoms with Crippen molar-refractivity contribution < 1.29 is 24.2 Å². The molecule has 0 spiro atoms. The van der Waals surface area contributed by atoms with Crippen LogP contribution >= 0.6 is 35.0 Å². The summed E-state index contributed by atoms with van der Waals surface area (Å²) in [5.74, 6) is 0.647. The van der Waals surface area contributed by atoms with E-state index >= 15 is 0 Å². The molecular formula is C19H15Cl2NO5S. The maximum Gasteiger partial charge on any atom is 0.290 e. The van der Waals surface area contributed by atoms with Gasteiger partial charge >= 0.3 is 0 Å². The van der Waals surface area contributed by atoms with Crippen molar-refractivity contribution in [2.45, 2.75) is 6.10 Å². The van der Waals surface area contributed by atoms with Crippen LogP contribution in [0.2, 0.25) is 10.0 Å². The summed E-state index contributed by atoms with van der Waals surface area (Å²) >= 11 is 12.6. The van der Waals surface area contributed by atoms with Crippen molar-refractivity contribution in [3.05, 3.63) is 63.0 Å². The van der Waals surface area contributed by atoms with Gasteiger partial charge in [0, 0.05) is 6.07 Å². The summed E-state index contributed by atoms with van der Waals surface area (Å²) in [5.41, 5.74) is 0.753. The number of halogens is 2. The molecule has 1 fully saturated rings. The minimum Gasteiger partial charge on any atom is -0.491 e. The molecule has 0 unspecified atom stereocenters. The number of aliphatic hydroxyl groups excluding tert-OH is 1. The number of carbonyl (C=O) groups is 2. The van der Waals surface area contributed by atoms with Crippen LogP contribution in [0.25, 0.3) is 6.08 Å². The number of hydrogen-bond acceptors (Lipinski definition) is 6. The first-order valence-corrected chi connectivity index (χ1v) is 9.71. The quantitative estimate of drug-likeness (QED) is 0.630. The fraction of sp³-hybridized carbons (Fsp3) is 0.158. The van der Waals surface area contributed by atoms with Gasteiger partial charge in [0.05, 0.1) is 15.0 Å². The number of aliphatic hydroxyl groups is 1. The Morgan fingerprint density at radius 1 is 1.00 bits per heavy atom. The molecule has 2 amide bonds. The van der Waals surface area contributed by atoms with Crippen LogP contribution in [0.1, 0.15) is 5.56 Å². The average Bonchev–Trinajstić information content (AvgIpc) is 2.99. The van der Waals surface area contributed by atoms with Crippen molar-refractivity contribution in [3.8, 4) is 11.5 Å². The highest BCUT2D eigenvalue weighted by Gasteiger charge is 2.24. The van der Waals surface area contributed by atoms with E-state index in [2.05, 4.69) is 5.32 Å². The Labute approximate surface area is 175 Å². The molecule has 1 aliphatic heterocycles. The Morgan fingerprint density at radius 2 is 1.64 bits per heavy atom. The van der Waals surface area contributed by atoms with Gasteiger partial charge in [-0.25, -0.2) is 0 Å². The van der Waals surface area contributed by atoms with Gasteiger partial charge in [-0.2, -0.15) is 0 Å². The minimum atomic E-state index is -0.846. The number of thioether (sulfide) groups is 1. The summed E-state index contributed by atoms with van der Waals surface area (Å²) < 4.78 is 11.0. The number of ether oxygens (including phenoxy) is 2. The van der Waals surface area contributed by atoms with Crippen LogP contribution in [0, 0.1) is 0 Å². The maximum absolute atomic E-state index is 11.5. The molecule has 0 aromatic heterocycles. The fourth-order valence-electron chi connectivity index (χ4n) is 2.23. The third-order valence-corrected chi connectivity index (χ3v) is 5.15. The lowest BCUT2D eigenvalue weighted by molar-refractivity contribution is -0.115. The first-order valence-electron chi connectivity index (χ1n) is 8.14. The number of hydrogen-bond donors (Lipinski definition) is 2. The van der Waals surface area contributed by atoms with E-state index < -0.39 is 12.0 Å². The Morgan fingerprint density at radius 3 is 2.25 bits per heavy atom. The van der Waals surface area contributed by atoms with Gasteiger partial charge in [-0.15, -0.1) is 0 Å². The minimum absolute atomic E-state index is 0.0303. The molecule has 0 aliphatic carbocycles. The van der Waals surface area contributed by atoms with E-state index in [-0.39, 0.29) is 18.5 Å². The third-order valence-electron chi connectivity index (χ3n) is 3.60. The van der Waals surface area contributed by atoms with E-state index in [1.165, 1.54) is 0 Å². The average molecular weight is 440 g/mol. The molecule has 1 aliphatic rings. The van der Waals surface area contributed by atoms with Crippen LogP contribution < -0.4 is 14.8 Å². The number of imide groups is 1. The zero-order valence-corrected chi connectivity index (χ0v) is 16.7. The van der Waals surface area contributed by atoms with E-state index in [0.717, 1.165) is 17.3 Å². The van der Waals surface area contributed by atoms with Crippen molar-refractivity contribution >= 4 is 52.2 Å². The highest BCUT2D eigenvalue weighted by Crippen LogP contribution is 2.27. The molecule has 2 aromatic carbocycles. The highest BCUT2D eigenvalue weighted by molar-refractivity contribution is 8.18. The number of nitrogens with one attached hydrogen (secondary N) is 1. The van der Waals surface area contributed by atoms with Gasteiger partial charge in [0.2, 0.25) is 0 Å². The standard InChI is InChI=1S/C19H15Cl2NO5S/c20-15-6-5-14(8-16(15)21)27-10-12(23)9-26-13-3-1-11(2-4-13)7-17-18(24)22-19(25)28-17/h1-8,12,23H,9-10H2,(H,22,24,25)/t12-/m0/s1. The Bertz CT molecular complexity index is 917. The fourth-order valence-corrected chi connectivity index (χ4v) is 3.20. The van der Waals surface area contributed by atoms with Crippen molar-refractivity contribution in [2.24, 2.45) is 0 Å². The van der Waals surface area contributed by atoms with Gasteiger partial charge in [-0.3, -0.25) is 14.9 Å².